The molecule has 1 saturated heterocycles. The standard InChI is InChI=1S/C15H21N5O8.H4O7P2/c16-13-8-14(18-3-17-13)20(4-19-8)15-12(27)11(26)7(28-15)1-5(22)9(24)10(25)6(23)2-21;1-8(2,3)7-9(4,5)6/h3-4,6-7,9-12,15,21,23-27H,1-2H2,(H2,16,17,18);(H2,1,2,3)(H2,4,5,6)/t6-,7-,9+,10-,11-,12-,15-;/m1./s1. The second-order valence-electron chi connectivity index (χ2n) is 7.55. The maximum absolute atomic E-state index is 12.1. The van der Waals surface area contributed by atoms with Gasteiger partial charge in [-0.05, 0) is 0 Å². The first-order chi connectivity index (χ1) is 17.0. The molecule has 0 bridgehead atoms. The number of hydrogen-bond acceptors (Lipinski definition) is 15. The third-order valence-corrected chi connectivity index (χ3v) is 6.55. The summed E-state index contributed by atoms with van der Waals surface area (Å²) in [5, 5.41) is 58.1. The molecule has 0 unspecified atom stereocenters. The number of carbonyl (C=O) groups is 1. The number of phosphoric acid groups is 2. The van der Waals surface area contributed by atoms with E-state index in [0.717, 1.165) is 0 Å². The van der Waals surface area contributed by atoms with Crippen LogP contribution in [0.25, 0.3) is 11.2 Å². The quantitative estimate of drug-likeness (QED) is 0.125. The number of hydrogen-bond donors (Lipinski definition) is 11. The van der Waals surface area contributed by atoms with Gasteiger partial charge in [0, 0.05) is 6.42 Å². The molecule has 1 aliphatic rings. The average Bonchev–Trinajstić information content (AvgIpc) is 3.32. The van der Waals surface area contributed by atoms with E-state index in [-0.39, 0.29) is 17.0 Å². The van der Waals surface area contributed by atoms with Crippen molar-refractivity contribution in [2.75, 3.05) is 12.3 Å². The van der Waals surface area contributed by atoms with Gasteiger partial charge in [0.05, 0.1) is 19.0 Å². The van der Waals surface area contributed by atoms with Crippen molar-refractivity contribution in [1.82, 2.24) is 19.5 Å². The molecule has 2 aromatic heterocycles. The molecule has 0 spiro atoms. The molecule has 1 fully saturated rings. The Morgan fingerprint density at radius 3 is 2.19 bits per heavy atom. The Hall–Kier alpha value is -2.00. The zero-order chi connectivity index (χ0) is 28.3. The molecule has 22 heteroatoms. The number of rotatable bonds is 9. The minimum absolute atomic E-state index is 0.114. The van der Waals surface area contributed by atoms with Gasteiger partial charge in [-0.1, -0.05) is 0 Å². The predicted molar refractivity (Wildman–Crippen MR) is 116 cm³/mol. The van der Waals surface area contributed by atoms with Gasteiger partial charge < -0.3 is 60.7 Å². The number of anilines is 1. The molecule has 2 aromatic rings. The summed E-state index contributed by atoms with van der Waals surface area (Å²) in [5.41, 5.74) is 6.22. The van der Waals surface area contributed by atoms with E-state index in [2.05, 4.69) is 19.3 Å². The maximum atomic E-state index is 12.1. The number of carbonyl (C=O) groups excluding carboxylic acids is 1. The number of aliphatic hydroxyl groups is 6. The first-order valence-corrected chi connectivity index (χ1v) is 13.0. The molecular weight excluding hydrogens is 552 g/mol. The predicted octanol–water partition coefficient (Wildman–Crippen LogP) is -4.75. The van der Waals surface area contributed by atoms with Crippen molar-refractivity contribution in [2.24, 2.45) is 0 Å². The lowest BCUT2D eigenvalue weighted by molar-refractivity contribution is -0.144. The highest BCUT2D eigenvalue weighted by Gasteiger charge is 2.46. The summed E-state index contributed by atoms with van der Waals surface area (Å²) in [6.07, 6.45) is -8.99. The molecule has 12 N–H and O–H groups in total. The summed E-state index contributed by atoms with van der Waals surface area (Å²) in [6.45, 7) is -0.854. The third kappa shape index (κ3) is 8.24. The lowest BCUT2D eigenvalue weighted by atomic mass is 9.98. The van der Waals surface area contributed by atoms with E-state index in [0.29, 0.717) is 0 Å². The van der Waals surface area contributed by atoms with Crippen molar-refractivity contribution in [3.05, 3.63) is 12.7 Å². The molecule has 0 amide bonds. The number of Topliss-reactive ketones (excluding diaryl/α,β-unsaturated/α-hetero) is 1. The highest BCUT2D eigenvalue weighted by Crippen LogP contribution is 2.53. The zero-order valence-electron chi connectivity index (χ0n) is 18.4. The Morgan fingerprint density at radius 2 is 1.68 bits per heavy atom. The second kappa shape index (κ2) is 12.2. The molecule has 0 aromatic carbocycles. The molecule has 210 valence electrons. The van der Waals surface area contributed by atoms with Crippen LogP contribution < -0.4 is 5.73 Å². The van der Waals surface area contributed by atoms with E-state index in [4.69, 9.17) is 35.2 Å². The van der Waals surface area contributed by atoms with Crippen LogP contribution in [0, 0.1) is 0 Å². The molecule has 37 heavy (non-hydrogen) atoms. The molecule has 0 aliphatic carbocycles. The Labute approximate surface area is 206 Å². The van der Waals surface area contributed by atoms with Crippen LogP contribution in [0.2, 0.25) is 0 Å². The number of nitrogens with two attached hydrogens (primary N) is 1. The van der Waals surface area contributed by atoms with Gasteiger partial charge in [0.25, 0.3) is 0 Å². The smallest absolute Gasteiger partial charge is 0.394 e. The molecule has 0 radical (unpaired) electrons. The molecule has 7 atom stereocenters. The fourth-order valence-corrected chi connectivity index (χ4v) is 4.26. The van der Waals surface area contributed by atoms with E-state index in [1.54, 1.807) is 0 Å². The van der Waals surface area contributed by atoms with Crippen molar-refractivity contribution in [3.63, 3.8) is 0 Å². The van der Waals surface area contributed by atoms with Crippen LogP contribution >= 0.6 is 15.6 Å². The average molecular weight is 577 g/mol. The molecule has 0 saturated carbocycles. The van der Waals surface area contributed by atoms with Crippen molar-refractivity contribution < 1.29 is 73.2 Å². The molecule has 3 rings (SSSR count). The number of aromatic nitrogens is 4. The first kappa shape index (κ1) is 31.2. The molecule has 3 heterocycles. The van der Waals surface area contributed by atoms with Crippen molar-refractivity contribution in [3.8, 4) is 0 Å². The van der Waals surface area contributed by atoms with Gasteiger partial charge in [-0.2, -0.15) is 4.31 Å². The minimum Gasteiger partial charge on any atom is -0.394 e. The number of ketones is 1. The van der Waals surface area contributed by atoms with Gasteiger partial charge in [-0.25, -0.2) is 24.1 Å². The summed E-state index contributed by atoms with van der Waals surface area (Å²) in [5.74, 6) is -0.831. The van der Waals surface area contributed by atoms with Crippen LogP contribution in [0.3, 0.4) is 0 Å². The Kier molecular flexibility index (Phi) is 10.3. The number of fused-ring (bicyclic) bond motifs is 1. The number of imidazole rings is 1. The van der Waals surface area contributed by atoms with Crippen LogP contribution in [0.5, 0.6) is 0 Å². The van der Waals surface area contributed by atoms with Gasteiger partial charge in [0.15, 0.2) is 23.5 Å². The normalized spacial score (nSPS) is 24.8. The van der Waals surface area contributed by atoms with E-state index >= 15 is 0 Å². The van der Waals surface area contributed by atoms with Crippen LogP contribution in [0.4, 0.5) is 5.82 Å². The Bertz CT molecular complexity index is 1150. The van der Waals surface area contributed by atoms with Crippen molar-refractivity contribution in [2.45, 2.75) is 49.3 Å². The highest BCUT2D eigenvalue weighted by molar-refractivity contribution is 7.60. The SMILES string of the molecule is Nc1ncnc2c1ncn2[C@@H]1O[C@H](CC(=O)[C@H](O)[C@H](O)[C@H](O)CO)[C@@H](O)[C@H]1O.O=P(O)(O)OP(=O)(O)O. The van der Waals surface area contributed by atoms with E-state index in [9.17, 15) is 39.5 Å². The summed E-state index contributed by atoms with van der Waals surface area (Å²) in [4.78, 5) is 55.0. The number of nitrogen functional groups attached to an aromatic ring is 1. The molecular formula is C15H25N5O15P2. The molecule has 20 nitrogen and oxygen atoms in total. The van der Waals surface area contributed by atoms with Crippen molar-refractivity contribution >= 4 is 38.4 Å². The number of nitrogens with zero attached hydrogens (tertiary/aromatic N) is 4. The van der Waals surface area contributed by atoms with Gasteiger partial charge in [0.2, 0.25) is 0 Å². The third-order valence-electron chi connectivity index (χ3n) is 4.85. The van der Waals surface area contributed by atoms with Gasteiger partial charge in [0.1, 0.15) is 42.4 Å². The van der Waals surface area contributed by atoms with E-state index in [1.807, 2.05) is 0 Å². The first-order valence-electron chi connectivity index (χ1n) is 9.91. The number of aliphatic hydroxyl groups excluding tert-OH is 6. The summed E-state index contributed by atoms with van der Waals surface area (Å²) in [7, 11) is -10.1. The summed E-state index contributed by atoms with van der Waals surface area (Å²) < 4.78 is 29.1. The largest absolute Gasteiger partial charge is 0.478 e. The van der Waals surface area contributed by atoms with Gasteiger partial charge in [-0.15, -0.1) is 0 Å². The van der Waals surface area contributed by atoms with Crippen LogP contribution in [0.1, 0.15) is 12.6 Å². The number of ether oxygens (including phenoxy) is 1. The minimum atomic E-state index is -5.05. The Balaban J connectivity index is 0.000000458. The van der Waals surface area contributed by atoms with Crippen molar-refractivity contribution in [1.29, 1.82) is 0 Å². The van der Waals surface area contributed by atoms with Gasteiger partial charge in [-0.3, -0.25) is 9.36 Å². The van der Waals surface area contributed by atoms with Crippen LogP contribution in [-0.2, 0) is 23.0 Å². The van der Waals surface area contributed by atoms with Gasteiger partial charge >= 0.3 is 15.6 Å². The lowest BCUT2D eigenvalue weighted by Crippen LogP contribution is -2.45. The summed E-state index contributed by atoms with van der Waals surface area (Å²) in [6, 6.07) is 0. The monoisotopic (exact) mass is 577 g/mol. The topological polar surface area (TPSA) is 342 Å². The second-order valence-corrected chi connectivity index (χ2v) is 10.2. The fraction of sp³-hybridized carbons (Fsp3) is 0.600. The zero-order valence-corrected chi connectivity index (χ0v) is 20.2. The van der Waals surface area contributed by atoms with Crippen LogP contribution in [0.15, 0.2) is 12.7 Å². The van der Waals surface area contributed by atoms with Crippen LogP contribution in [-0.4, -0.2) is 119 Å². The van der Waals surface area contributed by atoms with E-state index < -0.39 is 77.3 Å². The molecule has 1 aliphatic heterocycles. The lowest BCUT2D eigenvalue weighted by Gasteiger charge is -2.22. The fourth-order valence-electron chi connectivity index (χ4n) is 3.15. The Morgan fingerprint density at radius 1 is 1.08 bits per heavy atom. The summed E-state index contributed by atoms with van der Waals surface area (Å²) >= 11 is 0. The van der Waals surface area contributed by atoms with E-state index in [1.165, 1.54) is 17.2 Å². The highest BCUT2D eigenvalue weighted by atomic mass is 31.3. The maximum Gasteiger partial charge on any atom is 0.478 e.